The summed E-state index contributed by atoms with van der Waals surface area (Å²) in [4.78, 5) is 16.0. The number of furan rings is 1. The first-order valence-corrected chi connectivity index (χ1v) is 5.95. The van der Waals surface area contributed by atoms with E-state index in [2.05, 4.69) is 15.7 Å². The molecule has 1 amide bonds. The van der Waals surface area contributed by atoms with E-state index in [0.717, 1.165) is 5.76 Å². The number of rotatable bonds is 5. The zero-order valence-corrected chi connectivity index (χ0v) is 10.6. The molecule has 0 bridgehead atoms. The predicted molar refractivity (Wildman–Crippen MR) is 71.4 cm³/mol. The van der Waals surface area contributed by atoms with Gasteiger partial charge >= 0.3 is 0 Å². The van der Waals surface area contributed by atoms with Crippen molar-refractivity contribution in [2.24, 2.45) is 5.84 Å². The Kier molecular flexibility index (Phi) is 4.15. The highest BCUT2D eigenvalue weighted by atomic mass is 16.3. The minimum absolute atomic E-state index is 0.0464. The molecule has 19 heavy (non-hydrogen) atoms. The number of hydrogen-bond acceptors (Lipinski definition) is 5. The van der Waals surface area contributed by atoms with E-state index in [0.29, 0.717) is 17.8 Å². The van der Waals surface area contributed by atoms with Gasteiger partial charge in [-0.25, -0.2) is 0 Å². The largest absolute Gasteiger partial charge is 0.469 e. The molecule has 2 heterocycles. The average Bonchev–Trinajstić information content (AvgIpc) is 2.91. The minimum atomic E-state index is -0.240. The van der Waals surface area contributed by atoms with E-state index in [4.69, 9.17) is 10.3 Å². The smallest absolute Gasteiger partial charge is 0.270 e. The van der Waals surface area contributed by atoms with Crippen LogP contribution in [0.5, 0.6) is 0 Å². The first kappa shape index (κ1) is 13.1. The monoisotopic (exact) mass is 260 g/mol. The third-order valence-corrected chi connectivity index (χ3v) is 2.62. The van der Waals surface area contributed by atoms with Gasteiger partial charge in [0.05, 0.1) is 12.0 Å². The number of carbonyl (C=O) groups excluding carboxylic acids is 1. The van der Waals surface area contributed by atoms with Gasteiger partial charge in [0.1, 0.15) is 11.5 Å². The molecule has 2 aromatic rings. The van der Waals surface area contributed by atoms with Crippen molar-refractivity contribution >= 4 is 11.6 Å². The molecule has 0 aromatic carbocycles. The lowest BCUT2D eigenvalue weighted by atomic mass is 10.2. The Labute approximate surface area is 111 Å². The minimum Gasteiger partial charge on any atom is -0.469 e. The standard InChI is InChI=1S/C13H16N4O2/c1-9(7-11-3-2-6-19-11)16-13(18)12-8-10(17-14)4-5-15-12/h2-6,8-9H,7,14H2,1H3,(H,15,17)(H,16,18). The van der Waals surface area contributed by atoms with Gasteiger partial charge in [-0.3, -0.25) is 15.6 Å². The Morgan fingerprint density at radius 3 is 3.05 bits per heavy atom. The highest BCUT2D eigenvalue weighted by Gasteiger charge is 2.12. The average molecular weight is 260 g/mol. The second-order valence-electron chi connectivity index (χ2n) is 4.23. The fourth-order valence-corrected chi connectivity index (χ4v) is 1.72. The van der Waals surface area contributed by atoms with Crippen LogP contribution in [0.25, 0.3) is 0 Å². The first-order chi connectivity index (χ1) is 9.19. The van der Waals surface area contributed by atoms with Crippen molar-refractivity contribution in [3.05, 3.63) is 48.2 Å². The van der Waals surface area contributed by atoms with Crippen molar-refractivity contribution in [1.82, 2.24) is 10.3 Å². The lowest BCUT2D eigenvalue weighted by molar-refractivity contribution is 0.0934. The van der Waals surface area contributed by atoms with Crippen LogP contribution in [0.4, 0.5) is 5.69 Å². The fraction of sp³-hybridized carbons (Fsp3) is 0.231. The van der Waals surface area contributed by atoms with Gasteiger partial charge in [-0.05, 0) is 31.2 Å². The topological polar surface area (TPSA) is 93.2 Å². The van der Waals surface area contributed by atoms with E-state index >= 15 is 0 Å². The Balaban J connectivity index is 1.96. The van der Waals surface area contributed by atoms with Crippen molar-refractivity contribution < 1.29 is 9.21 Å². The van der Waals surface area contributed by atoms with Crippen molar-refractivity contribution in [2.75, 3.05) is 5.43 Å². The summed E-state index contributed by atoms with van der Waals surface area (Å²) in [5.74, 6) is 5.88. The first-order valence-electron chi connectivity index (χ1n) is 5.95. The lowest BCUT2D eigenvalue weighted by Gasteiger charge is -2.12. The molecule has 0 aliphatic carbocycles. The van der Waals surface area contributed by atoms with Crippen LogP contribution in [-0.2, 0) is 6.42 Å². The molecule has 0 radical (unpaired) electrons. The SMILES string of the molecule is CC(Cc1ccco1)NC(=O)c1cc(NN)ccn1. The molecule has 0 fully saturated rings. The van der Waals surface area contributed by atoms with E-state index in [1.807, 2.05) is 19.1 Å². The van der Waals surface area contributed by atoms with Gasteiger partial charge < -0.3 is 15.2 Å². The maximum absolute atomic E-state index is 12.0. The normalized spacial score (nSPS) is 11.9. The zero-order valence-electron chi connectivity index (χ0n) is 10.6. The molecule has 0 aliphatic rings. The molecule has 1 atom stereocenters. The molecule has 0 aliphatic heterocycles. The van der Waals surface area contributed by atoms with E-state index < -0.39 is 0 Å². The molecule has 100 valence electrons. The molecular weight excluding hydrogens is 244 g/mol. The van der Waals surface area contributed by atoms with E-state index in [1.54, 1.807) is 18.4 Å². The number of nitrogens with zero attached hydrogens (tertiary/aromatic N) is 1. The van der Waals surface area contributed by atoms with Gasteiger partial charge in [0.15, 0.2) is 0 Å². The van der Waals surface area contributed by atoms with Crippen LogP contribution in [0.2, 0.25) is 0 Å². The molecule has 1 unspecified atom stereocenters. The summed E-state index contributed by atoms with van der Waals surface area (Å²) < 4.78 is 5.23. The molecular formula is C13H16N4O2. The second kappa shape index (κ2) is 6.01. The van der Waals surface area contributed by atoms with Crippen molar-refractivity contribution in [3.8, 4) is 0 Å². The summed E-state index contributed by atoms with van der Waals surface area (Å²) in [5, 5.41) is 2.86. The van der Waals surface area contributed by atoms with Gasteiger partial charge in [0.25, 0.3) is 5.91 Å². The Morgan fingerprint density at radius 2 is 2.37 bits per heavy atom. The van der Waals surface area contributed by atoms with Crippen molar-refractivity contribution in [1.29, 1.82) is 0 Å². The Bertz CT molecular complexity index is 539. The summed E-state index contributed by atoms with van der Waals surface area (Å²) in [6.45, 7) is 1.91. The Hall–Kier alpha value is -2.34. The summed E-state index contributed by atoms with van der Waals surface area (Å²) in [7, 11) is 0. The van der Waals surface area contributed by atoms with Gasteiger partial charge in [-0.2, -0.15) is 0 Å². The number of hydrogen-bond donors (Lipinski definition) is 3. The summed E-state index contributed by atoms with van der Waals surface area (Å²) in [6, 6.07) is 6.93. The maximum Gasteiger partial charge on any atom is 0.270 e. The number of hydrazine groups is 1. The summed E-state index contributed by atoms with van der Waals surface area (Å²) in [6.07, 6.45) is 3.77. The number of pyridine rings is 1. The number of nitrogen functional groups attached to an aromatic ring is 1. The predicted octanol–water partition coefficient (Wildman–Crippen LogP) is 1.32. The number of nitrogens with one attached hydrogen (secondary N) is 2. The molecule has 2 aromatic heterocycles. The van der Waals surface area contributed by atoms with Gasteiger partial charge in [0, 0.05) is 18.7 Å². The molecule has 6 heteroatoms. The molecule has 2 rings (SSSR count). The lowest BCUT2D eigenvalue weighted by Crippen LogP contribution is -2.34. The number of carbonyl (C=O) groups is 1. The number of amides is 1. The quantitative estimate of drug-likeness (QED) is 0.557. The third kappa shape index (κ3) is 3.56. The highest BCUT2D eigenvalue weighted by molar-refractivity contribution is 5.93. The van der Waals surface area contributed by atoms with Gasteiger partial charge in [-0.15, -0.1) is 0 Å². The number of nitrogens with two attached hydrogens (primary N) is 1. The van der Waals surface area contributed by atoms with Gasteiger partial charge in [-0.1, -0.05) is 0 Å². The molecule has 6 nitrogen and oxygen atoms in total. The van der Waals surface area contributed by atoms with Crippen LogP contribution in [-0.4, -0.2) is 16.9 Å². The maximum atomic E-state index is 12.0. The van der Waals surface area contributed by atoms with E-state index in [1.165, 1.54) is 6.20 Å². The van der Waals surface area contributed by atoms with E-state index in [-0.39, 0.29) is 11.9 Å². The summed E-state index contributed by atoms with van der Waals surface area (Å²) in [5.41, 5.74) is 3.44. The van der Waals surface area contributed by atoms with Crippen molar-refractivity contribution in [2.45, 2.75) is 19.4 Å². The van der Waals surface area contributed by atoms with Crippen LogP contribution in [0.1, 0.15) is 23.2 Å². The molecule has 0 saturated carbocycles. The Morgan fingerprint density at radius 1 is 1.53 bits per heavy atom. The number of aromatic nitrogens is 1. The highest BCUT2D eigenvalue weighted by Crippen LogP contribution is 2.07. The molecule has 0 spiro atoms. The van der Waals surface area contributed by atoms with E-state index in [9.17, 15) is 4.79 Å². The second-order valence-corrected chi connectivity index (χ2v) is 4.23. The van der Waals surface area contributed by atoms with Crippen LogP contribution in [0.15, 0.2) is 41.1 Å². The van der Waals surface area contributed by atoms with Crippen LogP contribution in [0, 0.1) is 0 Å². The zero-order chi connectivity index (χ0) is 13.7. The van der Waals surface area contributed by atoms with Gasteiger partial charge in [0.2, 0.25) is 0 Å². The molecule has 0 saturated heterocycles. The summed E-state index contributed by atoms with van der Waals surface area (Å²) >= 11 is 0. The van der Waals surface area contributed by atoms with Crippen molar-refractivity contribution in [3.63, 3.8) is 0 Å². The fourth-order valence-electron chi connectivity index (χ4n) is 1.72. The van der Waals surface area contributed by atoms with Crippen LogP contribution < -0.4 is 16.6 Å². The van der Waals surface area contributed by atoms with Crippen LogP contribution >= 0.6 is 0 Å². The van der Waals surface area contributed by atoms with Crippen LogP contribution in [0.3, 0.4) is 0 Å². The molecule has 4 N–H and O–H groups in total. The number of anilines is 1. The third-order valence-electron chi connectivity index (χ3n) is 2.62.